The van der Waals surface area contributed by atoms with Crippen LogP contribution in [0.3, 0.4) is 0 Å². The van der Waals surface area contributed by atoms with Crippen LogP contribution in [0.2, 0.25) is 5.02 Å². The van der Waals surface area contributed by atoms with Gasteiger partial charge in [0.05, 0.1) is 0 Å². The lowest BCUT2D eigenvalue weighted by Crippen LogP contribution is -2.16. The van der Waals surface area contributed by atoms with E-state index in [0.29, 0.717) is 25.1 Å². The molecule has 0 heterocycles. The number of benzene rings is 2. The average Bonchev–Trinajstić information content (AvgIpc) is 2.38. The van der Waals surface area contributed by atoms with Gasteiger partial charge in [0.1, 0.15) is 11.6 Å². The molecule has 2 aromatic rings. The van der Waals surface area contributed by atoms with Crippen molar-refractivity contribution in [2.24, 2.45) is 0 Å². The minimum atomic E-state index is -0.537. The molecule has 0 saturated heterocycles. The van der Waals surface area contributed by atoms with Crippen LogP contribution in [0.15, 0.2) is 36.4 Å². The number of rotatable bonds is 5. The van der Waals surface area contributed by atoms with Crippen LogP contribution in [0.1, 0.15) is 16.7 Å². The number of hydrogen-bond donors (Lipinski definition) is 1. The summed E-state index contributed by atoms with van der Waals surface area (Å²) >= 11 is 6.05. The van der Waals surface area contributed by atoms with Gasteiger partial charge >= 0.3 is 0 Å². The van der Waals surface area contributed by atoms with Crippen molar-refractivity contribution in [1.82, 2.24) is 5.32 Å². The number of nitrogens with one attached hydrogen (secondary N) is 1. The standard InChI is InChI=1S/C16H16ClF2N/c1-11-2-3-13(8-16(11)17)10-20-5-4-12-6-14(18)9-15(19)7-12/h2-3,6-9,20H,4-5,10H2,1H3. The molecule has 0 unspecified atom stereocenters. The van der Waals surface area contributed by atoms with Crippen LogP contribution in [-0.2, 0) is 13.0 Å². The molecule has 0 amide bonds. The van der Waals surface area contributed by atoms with E-state index in [1.165, 1.54) is 12.1 Å². The topological polar surface area (TPSA) is 12.0 Å². The molecule has 0 aliphatic carbocycles. The molecule has 0 aliphatic heterocycles. The van der Waals surface area contributed by atoms with Gasteiger partial charge in [0.25, 0.3) is 0 Å². The summed E-state index contributed by atoms with van der Waals surface area (Å²) in [4.78, 5) is 0. The third-order valence-corrected chi connectivity index (χ3v) is 3.49. The Morgan fingerprint density at radius 2 is 1.70 bits per heavy atom. The number of halogens is 3. The summed E-state index contributed by atoms with van der Waals surface area (Å²) in [6, 6.07) is 9.50. The quantitative estimate of drug-likeness (QED) is 0.813. The minimum Gasteiger partial charge on any atom is -0.312 e. The first-order valence-corrected chi connectivity index (χ1v) is 6.83. The maximum atomic E-state index is 13.0. The van der Waals surface area contributed by atoms with E-state index in [9.17, 15) is 8.78 Å². The monoisotopic (exact) mass is 295 g/mol. The van der Waals surface area contributed by atoms with E-state index in [1.807, 2.05) is 25.1 Å². The van der Waals surface area contributed by atoms with Gasteiger partial charge in [-0.2, -0.15) is 0 Å². The van der Waals surface area contributed by atoms with Gasteiger partial charge in [-0.1, -0.05) is 23.7 Å². The Kier molecular flexibility index (Phi) is 5.10. The van der Waals surface area contributed by atoms with Crippen molar-refractivity contribution in [3.05, 3.63) is 69.7 Å². The molecule has 0 fully saturated rings. The summed E-state index contributed by atoms with van der Waals surface area (Å²) in [5.41, 5.74) is 2.79. The number of aryl methyl sites for hydroxylation is 1. The lowest BCUT2D eigenvalue weighted by atomic mass is 10.1. The fourth-order valence-electron chi connectivity index (χ4n) is 1.97. The average molecular weight is 296 g/mol. The van der Waals surface area contributed by atoms with Crippen LogP contribution in [-0.4, -0.2) is 6.54 Å². The molecule has 0 saturated carbocycles. The zero-order valence-corrected chi connectivity index (χ0v) is 12.0. The van der Waals surface area contributed by atoms with Gasteiger partial charge in [0.15, 0.2) is 0 Å². The summed E-state index contributed by atoms with van der Waals surface area (Å²) in [6.45, 7) is 3.28. The maximum absolute atomic E-state index is 13.0. The van der Waals surface area contributed by atoms with Gasteiger partial charge in [-0.05, 0) is 54.8 Å². The Morgan fingerprint density at radius 3 is 2.35 bits per heavy atom. The number of hydrogen-bond acceptors (Lipinski definition) is 1. The van der Waals surface area contributed by atoms with Crippen molar-refractivity contribution >= 4 is 11.6 Å². The second-order valence-electron chi connectivity index (χ2n) is 4.79. The Balaban J connectivity index is 1.82. The van der Waals surface area contributed by atoms with E-state index in [-0.39, 0.29) is 0 Å². The summed E-state index contributed by atoms with van der Waals surface area (Å²) in [7, 11) is 0. The van der Waals surface area contributed by atoms with Crippen LogP contribution in [0.4, 0.5) is 8.78 Å². The van der Waals surface area contributed by atoms with E-state index >= 15 is 0 Å². The first-order chi connectivity index (χ1) is 9.54. The van der Waals surface area contributed by atoms with Crippen molar-refractivity contribution in [2.45, 2.75) is 19.9 Å². The molecular formula is C16H16ClF2N. The van der Waals surface area contributed by atoms with Crippen LogP contribution < -0.4 is 5.32 Å². The van der Waals surface area contributed by atoms with E-state index in [2.05, 4.69) is 5.32 Å². The van der Waals surface area contributed by atoms with Gasteiger partial charge in [-0.15, -0.1) is 0 Å². The molecule has 0 aromatic heterocycles. The van der Waals surface area contributed by atoms with Gasteiger partial charge in [0, 0.05) is 17.6 Å². The second-order valence-corrected chi connectivity index (χ2v) is 5.20. The van der Waals surface area contributed by atoms with Crippen molar-refractivity contribution < 1.29 is 8.78 Å². The van der Waals surface area contributed by atoms with Gasteiger partial charge in [-0.25, -0.2) is 8.78 Å². The summed E-state index contributed by atoms with van der Waals surface area (Å²) < 4.78 is 26.0. The fourth-order valence-corrected chi connectivity index (χ4v) is 2.17. The van der Waals surface area contributed by atoms with E-state index < -0.39 is 11.6 Å². The minimum absolute atomic E-state index is 0.537. The van der Waals surface area contributed by atoms with Crippen LogP contribution in [0, 0.1) is 18.6 Å². The summed E-state index contributed by atoms with van der Waals surface area (Å²) in [5.74, 6) is -1.07. The molecule has 4 heteroatoms. The molecule has 0 aliphatic rings. The highest BCUT2D eigenvalue weighted by atomic mass is 35.5. The van der Waals surface area contributed by atoms with Crippen LogP contribution >= 0.6 is 11.6 Å². The van der Waals surface area contributed by atoms with Crippen molar-refractivity contribution in [1.29, 1.82) is 0 Å². The van der Waals surface area contributed by atoms with Crippen LogP contribution in [0.5, 0.6) is 0 Å². The predicted molar refractivity (Wildman–Crippen MR) is 78.0 cm³/mol. The van der Waals surface area contributed by atoms with E-state index in [0.717, 1.165) is 22.2 Å². The molecule has 0 spiro atoms. The summed E-state index contributed by atoms with van der Waals surface area (Å²) in [5, 5.41) is 3.98. The summed E-state index contributed by atoms with van der Waals surface area (Å²) in [6.07, 6.45) is 0.578. The third kappa shape index (κ3) is 4.29. The molecule has 106 valence electrons. The van der Waals surface area contributed by atoms with Crippen LogP contribution in [0.25, 0.3) is 0 Å². The Hall–Kier alpha value is -1.45. The Labute approximate surface area is 122 Å². The molecule has 1 N–H and O–H groups in total. The first kappa shape index (κ1) is 14.9. The Morgan fingerprint density at radius 1 is 1.00 bits per heavy atom. The molecule has 0 radical (unpaired) electrons. The van der Waals surface area contributed by atoms with Gasteiger partial charge in [-0.3, -0.25) is 0 Å². The SMILES string of the molecule is Cc1ccc(CNCCc2cc(F)cc(F)c2)cc1Cl. The Bertz CT molecular complexity index is 579. The second kappa shape index (κ2) is 6.82. The predicted octanol–water partition coefficient (Wildman–Crippen LogP) is 4.26. The van der Waals surface area contributed by atoms with Crippen molar-refractivity contribution in [2.75, 3.05) is 6.54 Å². The molecule has 1 nitrogen and oxygen atoms in total. The highest BCUT2D eigenvalue weighted by molar-refractivity contribution is 6.31. The zero-order valence-electron chi connectivity index (χ0n) is 11.2. The van der Waals surface area contributed by atoms with E-state index in [4.69, 9.17) is 11.6 Å². The maximum Gasteiger partial charge on any atom is 0.126 e. The van der Waals surface area contributed by atoms with Crippen molar-refractivity contribution in [3.8, 4) is 0 Å². The van der Waals surface area contributed by atoms with Gasteiger partial charge in [0.2, 0.25) is 0 Å². The third-order valence-electron chi connectivity index (χ3n) is 3.08. The molecule has 2 rings (SSSR count). The lowest BCUT2D eigenvalue weighted by molar-refractivity contribution is 0.577. The highest BCUT2D eigenvalue weighted by Gasteiger charge is 2.01. The van der Waals surface area contributed by atoms with Gasteiger partial charge < -0.3 is 5.32 Å². The highest BCUT2D eigenvalue weighted by Crippen LogP contribution is 2.16. The van der Waals surface area contributed by atoms with Crippen molar-refractivity contribution in [3.63, 3.8) is 0 Å². The molecule has 0 bridgehead atoms. The zero-order chi connectivity index (χ0) is 14.5. The lowest BCUT2D eigenvalue weighted by Gasteiger charge is -2.07. The fraction of sp³-hybridized carbons (Fsp3) is 0.250. The van der Waals surface area contributed by atoms with E-state index in [1.54, 1.807) is 0 Å². The first-order valence-electron chi connectivity index (χ1n) is 6.45. The largest absolute Gasteiger partial charge is 0.312 e. The smallest absolute Gasteiger partial charge is 0.126 e. The molecule has 2 aromatic carbocycles. The molecular weight excluding hydrogens is 280 g/mol. The normalized spacial score (nSPS) is 10.8. The molecule has 0 atom stereocenters. The molecule has 20 heavy (non-hydrogen) atoms.